The number of alkyl carbamates (subject to hydrolysis) is 1. The number of ether oxygens (including phenoxy) is 2. The maximum atomic E-state index is 11.4. The Balaban J connectivity index is 2.20. The number of carbonyl (C=O) groups is 1. The van der Waals surface area contributed by atoms with E-state index in [1.54, 1.807) is 0 Å². The topological polar surface area (TPSA) is 89.2 Å². The van der Waals surface area contributed by atoms with E-state index in [0.717, 1.165) is 13.1 Å². The number of aliphatic imine (C=N–C) groups is 1. The number of amides is 1. The zero-order valence-electron chi connectivity index (χ0n) is 11.9. The molecule has 0 unspecified atom stereocenters. The number of guanidine groups is 1. The van der Waals surface area contributed by atoms with Crippen LogP contribution in [0, 0.1) is 0 Å². The van der Waals surface area contributed by atoms with E-state index in [4.69, 9.17) is 15.2 Å². The maximum absolute atomic E-state index is 11.4. The van der Waals surface area contributed by atoms with Gasteiger partial charge >= 0.3 is 6.09 Å². The van der Waals surface area contributed by atoms with E-state index >= 15 is 0 Å². The van der Waals surface area contributed by atoms with Gasteiger partial charge in [-0.1, -0.05) is 0 Å². The van der Waals surface area contributed by atoms with Crippen LogP contribution in [0.15, 0.2) is 4.99 Å². The van der Waals surface area contributed by atoms with Crippen molar-refractivity contribution in [3.63, 3.8) is 0 Å². The average molecular weight is 272 g/mol. The highest BCUT2D eigenvalue weighted by Gasteiger charge is 2.15. The minimum atomic E-state index is -0.486. The van der Waals surface area contributed by atoms with E-state index in [1.165, 1.54) is 0 Å². The largest absolute Gasteiger partial charge is 0.444 e. The molecule has 1 heterocycles. The number of hydrogen-bond acceptors (Lipinski definition) is 4. The van der Waals surface area contributed by atoms with Gasteiger partial charge in [0, 0.05) is 19.6 Å². The fourth-order valence-electron chi connectivity index (χ4n) is 1.54. The third kappa shape index (κ3) is 6.85. The molecule has 1 saturated heterocycles. The Labute approximate surface area is 114 Å². The molecule has 0 atom stereocenters. The molecule has 7 heteroatoms. The summed E-state index contributed by atoms with van der Waals surface area (Å²) >= 11 is 0. The Morgan fingerprint density at radius 3 is 2.63 bits per heavy atom. The number of hydrogen-bond donors (Lipinski definition) is 2. The summed E-state index contributed by atoms with van der Waals surface area (Å²) in [6.07, 6.45) is -0.437. The molecule has 3 N–H and O–H groups in total. The Morgan fingerprint density at radius 1 is 1.42 bits per heavy atom. The van der Waals surface area contributed by atoms with Gasteiger partial charge in [-0.25, -0.2) is 4.79 Å². The van der Waals surface area contributed by atoms with Crippen LogP contribution < -0.4 is 11.1 Å². The highest BCUT2D eigenvalue weighted by Crippen LogP contribution is 2.06. The van der Waals surface area contributed by atoms with Crippen LogP contribution in [-0.2, 0) is 9.47 Å². The van der Waals surface area contributed by atoms with Crippen molar-refractivity contribution in [3.05, 3.63) is 0 Å². The number of rotatable bonds is 3. The van der Waals surface area contributed by atoms with Crippen molar-refractivity contribution in [2.24, 2.45) is 10.7 Å². The third-order valence-electron chi connectivity index (χ3n) is 2.39. The number of nitrogens with zero attached hydrogens (tertiary/aromatic N) is 2. The number of morpholine rings is 1. The molecule has 1 amide bonds. The first-order valence-electron chi connectivity index (χ1n) is 6.48. The molecule has 7 nitrogen and oxygen atoms in total. The molecule has 0 aromatic heterocycles. The Morgan fingerprint density at radius 2 is 2.05 bits per heavy atom. The van der Waals surface area contributed by atoms with Crippen molar-refractivity contribution in [1.82, 2.24) is 10.2 Å². The summed E-state index contributed by atoms with van der Waals surface area (Å²) < 4.78 is 10.3. The van der Waals surface area contributed by atoms with Crippen LogP contribution >= 0.6 is 0 Å². The lowest BCUT2D eigenvalue weighted by Crippen LogP contribution is -2.45. The van der Waals surface area contributed by atoms with Crippen LogP contribution in [-0.4, -0.2) is 61.9 Å². The highest BCUT2D eigenvalue weighted by molar-refractivity contribution is 5.78. The molecule has 0 radical (unpaired) electrons. The highest BCUT2D eigenvalue weighted by atomic mass is 16.6. The van der Waals surface area contributed by atoms with Gasteiger partial charge in [0.2, 0.25) is 0 Å². The summed E-state index contributed by atoms with van der Waals surface area (Å²) in [6.45, 7) is 9.16. The van der Waals surface area contributed by atoms with E-state index < -0.39 is 11.7 Å². The Kier molecular flexibility index (Phi) is 5.88. The van der Waals surface area contributed by atoms with Crippen LogP contribution in [0.3, 0.4) is 0 Å². The van der Waals surface area contributed by atoms with Crippen LogP contribution in [0.1, 0.15) is 20.8 Å². The van der Waals surface area contributed by atoms with Crippen molar-refractivity contribution in [1.29, 1.82) is 0 Å². The molecule has 0 saturated carbocycles. The lowest BCUT2D eigenvalue weighted by Gasteiger charge is -2.27. The number of carbonyl (C=O) groups excluding carboxylic acids is 1. The minimum Gasteiger partial charge on any atom is -0.444 e. The van der Waals surface area contributed by atoms with Gasteiger partial charge in [-0.3, -0.25) is 4.99 Å². The normalized spacial score (nSPS) is 17.2. The van der Waals surface area contributed by atoms with E-state index in [2.05, 4.69) is 10.3 Å². The van der Waals surface area contributed by atoms with E-state index in [1.807, 2.05) is 25.7 Å². The van der Waals surface area contributed by atoms with Crippen molar-refractivity contribution < 1.29 is 14.3 Å². The summed E-state index contributed by atoms with van der Waals surface area (Å²) in [6, 6.07) is 0. The first-order chi connectivity index (χ1) is 8.88. The van der Waals surface area contributed by atoms with Crippen LogP contribution in [0.2, 0.25) is 0 Å². The smallest absolute Gasteiger partial charge is 0.407 e. The van der Waals surface area contributed by atoms with Crippen LogP contribution in [0.4, 0.5) is 4.79 Å². The maximum Gasteiger partial charge on any atom is 0.407 e. The average Bonchev–Trinajstić information content (AvgIpc) is 2.33. The van der Waals surface area contributed by atoms with Crippen molar-refractivity contribution in [3.8, 4) is 0 Å². The fraction of sp³-hybridized carbons (Fsp3) is 0.833. The molecule has 0 bridgehead atoms. The van der Waals surface area contributed by atoms with E-state index in [0.29, 0.717) is 32.3 Å². The van der Waals surface area contributed by atoms with E-state index in [9.17, 15) is 4.79 Å². The van der Waals surface area contributed by atoms with Gasteiger partial charge in [0.1, 0.15) is 5.60 Å². The molecule has 110 valence electrons. The van der Waals surface area contributed by atoms with Gasteiger partial charge in [-0.05, 0) is 20.8 Å². The van der Waals surface area contributed by atoms with Gasteiger partial charge in [0.25, 0.3) is 0 Å². The van der Waals surface area contributed by atoms with Crippen molar-refractivity contribution in [2.75, 3.05) is 39.4 Å². The number of nitrogens with two attached hydrogens (primary N) is 1. The molecule has 1 aliphatic heterocycles. The van der Waals surface area contributed by atoms with Crippen molar-refractivity contribution >= 4 is 12.1 Å². The second kappa shape index (κ2) is 7.18. The minimum absolute atomic E-state index is 0.403. The lowest BCUT2D eigenvalue weighted by molar-refractivity contribution is 0.0529. The molecular weight excluding hydrogens is 248 g/mol. The van der Waals surface area contributed by atoms with E-state index in [-0.39, 0.29) is 0 Å². The lowest BCUT2D eigenvalue weighted by atomic mass is 10.2. The molecule has 1 fully saturated rings. The molecule has 1 rings (SSSR count). The van der Waals surface area contributed by atoms with Gasteiger partial charge < -0.3 is 25.4 Å². The van der Waals surface area contributed by atoms with Gasteiger partial charge in [-0.2, -0.15) is 0 Å². The summed E-state index contributed by atoms with van der Waals surface area (Å²) in [5.74, 6) is 0.495. The predicted molar refractivity (Wildman–Crippen MR) is 73.1 cm³/mol. The molecule has 1 aliphatic rings. The standard InChI is InChI=1S/C12H24N4O3/c1-12(2,3)19-11(17)15-5-4-14-10(13)16-6-8-18-9-7-16/h4-9H2,1-3H3,(H2,13,14)(H,15,17). The first-order valence-corrected chi connectivity index (χ1v) is 6.48. The molecule has 0 aromatic rings. The second-order valence-corrected chi connectivity index (χ2v) is 5.27. The molecule has 19 heavy (non-hydrogen) atoms. The SMILES string of the molecule is CC(C)(C)OC(=O)NCCN=C(N)N1CCOCC1. The summed E-state index contributed by atoms with van der Waals surface area (Å²) in [5.41, 5.74) is 5.36. The zero-order chi connectivity index (χ0) is 14.3. The summed E-state index contributed by atoms with van der Waals surface area (Å²) in [5, 5.41) is 2.63. The van der Waals surface area contributed by atoms with Gasteiger partial charge in [0.15, 0.2) is 5.96 Å². The summed E-state index contributed by atoms with van der Waals surface area (Å²) in [4.78, 5) is 17.5. The monoisotopic (exact) mass is 272 g/mol. The quantitative estimate of drug-likeness (QED) is 0.434. The van der Waals surface area contributed by atoms with Crippen molar-refractivity contribution in [2.45, 2.75) is 26.4 Å². The predicted octanol–water partition coefficient (Wildman–Crippen LogP) is 0.158. The second-order valence-electron chi connectivity index (χ2n) is 5.27. The first kappa shape index (κ1) is 15.6. The third-order valence-corrected chi connectivity index (χ3v) is 2.39. The Hall–Kier alpha value is -1.50. The molecule has 0 spiro atoms. The molecule has 0 aliphatic carbocycles. The zero-order valence-corrected chi connectivity index (χ0v) is 11.9. The van der Waals surface area contributed by atoms with Crippen LogP contribution in [0.25, 0.3) is 0 Å². The molecule has 0 aromatic carbocycles. The molecular formula is C12H24N4O3. The Bertz CT molecular complexity index is 319. The number of nitrogens with one attached hydrogen (secondary N) is 1. The summed E-state index contributed by atoms with van der Waals surface area (Å²) in [7, 11) is 0. The van der Waals surface area contributed by atoms with Crippen LogP contribution in [0.5, 0.6) is 0 Å². The van der Waals surface area contributed by atoms with Gasteiger partial charge in [-0.15, -0.1) is 0 Å². The van der Waals surface area contributed by atoms with Gasteiger partial charge in [0.05, 0.1) is 19.8 Å². The fourth-order valence-corrected chi connectivity index (χ4v) is 1.54.